The molecule has 4 rings (SSSR count). The number of hydrogen-bond acceptors (Lipinski definition) is 7. The van der Waals surface area contributed by atoms with Gasteiger partial charge >= 0.3 is 0 Å². The average molecular weight is 436 g/mol. The van der Waals surface area contributed by atoms with Crippen molar-refractivity contribution in [2.75, 3.05) is 18.9 Å². The third kappa shape index (κ3) is 4.65. The van der Waals surface area contributed by atoms with Crippen molar-refractivity contribution in [3.05, 3.63) is 44.2 Å². The molecule has 1 aliphatic heterocycles. The first kappa shape index (κ1) is 19.6. The predicted octanol–water partition coefficient (Wildman–Crippen LogP) is 3.15. The molecule has 3 aromatic heterocycles. The Bertz CT molecular complexity index is 991. The van der Waals surface area contributed by atoms with Crippen LogP contribution in [0.25, 0.3) is 10.2 Å². The molecule has 148 valence electrons. The van der Waals surface area contributed by atoms with Gasteiger partial charge in [-0.1, -0.05) is 17.8 Å². The molecule has 1 fully saturated rings. The molecule has 0 aliphatic carbocycles. The summed E-state index contributed by atoms with van der Waals surface area (Å²) in [5, 5.41) is 7.43. The monoisotopic (exact) mass is 435 g/mol. The van der Waals surface area contributed by atoms with E-state index < -0.39 is 0 Å². The number of ether oxygens (including phenoxy) is 1. The van der Waals surface area contributed by atoms with Gasteiger partial charge in [-0.05, 0) is 42.2 Å². The van der Waals surface area contributed by atoms with Crippen molar-refractivity contribution in [2.45, 2.75) is 37.1 Å². The smallest absolute Gasteiger partial charge is 0.272 e. The van der Waals surface area contributed by atoms with Crippen LogP contribution in [0.3, 0.4) is 0 Å². The fraction of sp³-hybridized carbons (Fsp3) is 0.421. The third-order valence-electron chi connectivity index (χ3n) is 4.58. The standard InChI is InChI=1S/C19H21N3O3S3/c23-16(20-11-13-3-1-8-25-13)12-28-19-21-15-6-10-27-17(15)18(24)22(19)7-5-14-4-2-9-26-14/h2,4,6,9-10,13H,1,3,5,7-8,11-12H2,(H,20,23)/t13-/m0/s1. The summed E-state index contributed by atoms with van der Waals surface area (Å²) in [6.45, 7) is 1.87. The van der Waals surface area contributed by atoms with E-state index in [1.54, 1.807) is 15.9 Å². The van der Waals surface area contributed by atoms with Gasteiger partial charge in [0.1, 0.15) is 4.70 Å². The number of rotatable bonds is 8. The number of carbonyl (C=O) groups excluding carboxylic acids is 1. The maximum absolute atomic E-state index is 12.9. The molecule has 0 radical (unpaired) electrons. The minimum Gasteiger partial charge on any atom is -0.376 e. The van der Waals surface area contributed by atoms with E-state index in [9.17, 15) is 9.59 Å². The highest BCUT2D eigenvalue weighted by molar-refractivity contribution is 7.99. The molecule has 0 unspecified atom stereocenters. The lowest BCUT2D eigenvalue weighted by Gasteiger charge is -2.13. The number of hydrogen-bond donors (Lipinski definition) is 1. The fourth-order valence-corrected chi connectivity index (χ4v) is 5.45. The van der Waals surface area contributed by atoms with Gasteiger partial charge in [0.05, 0.1) is 17.4 Å². The van der Waals surface area contributed by atoms with E-state index in [-0.39, 0.29) is 23.3 Å². The highest BCUT2D eigenvalue weighted by Gasteiger charge is 2.17. The molecule has 1 atom stereocenters. The van der Waals surface area contributed by atoms with E-state index in [0.29, 0.717) is 28.5 Å². The second kappa shape index (κ2) is 9.21. The first-order valence-corrected chi connectivity index (χ1v) is 12.0. The Morgan fingerprint density at radius 2 is 2.29 bits per heavy atom. The molecule has 0 bridgehead atoms. The van der Waals surface area contributed by atoms with Gasteiger partial charge in [0.15, 0.2) is 5.16 Å². The molecule has 1 aliphatic rings. The molecule has 6 nitrogen and oxygen atoms in total. The Labute approximate surface area is 174 Å². The lowest BCUT2D eigenvalue weighted by atomic mass is 10.2. The van der Waals surface area contributed by atoms with Gasteiger partial charge in [-0.25, -0.2) is 4.98 Å². The number of thioether (sulfide) groups is 1. The predicted molar refractivity (Wildman–Crippen MR) is 115 cm³/mol. The van der Waals surface area contributed by atoms with Crippen LogP contribution < -0.4 is 10.9 Å². The van der Waals surface area contributed by atoms with Crippen LogP contribution in [0.4, 0.5) is 0 Å². The van der Waals surface area contributed by atoms with Crippen LogP contribution in [-0.2, 0) is 22.5 Å². The van der Waals surface area contributed by atoms with Crippen LogP contribution in [0.15, 0.2) is 38.9 Å². The second-order valence-corrected chi connectivity index (χ2v) is 9.43. The molecular weight excluding hydrogens is 414 g/mol. The van der Waals surface area contributed by atoms with Gasteiger partial charge in [0.2, 0.25) is 5.91 Å². The van der Waals surface area contributed by atoms with Crippen molar-refractivity contribution in [3.63, 3.8) is 0 Å². The maximum atomic E-state index is 12.9. The fourth-order valence-electron chi connectivity index (χ4n) is 3.12. The van der Waals surface area contributed by atoms with Crippen molar-refractivity contribution in [1.82, 2.24) is 14.9 Å². The van der Waals surface area contributed by atoms with E-state index in [0.717, 1.165) is 25.9 Å². The van der Waals surface area contributed by atoms with Crippen LogP contribution in [0, 0.1) is 0 Å². The Morgan fingerprint density at radius 1 is 1.36 bits per heavy atom. The number of nitrogens with zero attached hydrogens (tertiary/aromatic N) is 2. The first-order valence-electron chi connectivity index (χ1n) is 9.22. The molecule has 0 saturated carbocycles. The summed E-state index contributed by atoms with van der Waals surface area (Å²) in [4.78, 5) is 31.0. The summed E-state index contributed by atoms with van der Waals surface area (Å²) in [6.07, 6.45) is 2.94. The Morgan fingerprint density at radius 3 is 3.07 bits per heavy atom. The molecule has 1 N–H and O–H groups in total. The van der Waals surface area contributed by atoms with E-state index in [1.807, 2.05) is 22.9 Å². The molecular formula is C19H21N3O3S3. The minimum absolute atomic E-state index is 0.0289. The summed E-state index contributed by atoms with van der Waals surface area (Å²) in [5.41, 5.74) is 0.670. The van der Waals surface area contributed by atoms with Crippen molar-refractivity contribution in [3.8, 4) is 0 Å². The molecule has 0 aromatic carbocycles. The summed E-state index contributed by atoms with van der Waals surface area (Å²) in [7, 11) is 0. The van der Waals surface area contributed by atoms with Crippen LogP contribution >= 0.6 is 34.4 Å². The molecule has 9 heteroatoms. The van der Waals surface area contributed by atoms with Crippen molar-refractivity contribution in [1.29, 1.82) is 0 Å². The lowest BCUT2D eigenvalue weighted by Crippen LogP contribution is -2.33. The van der Waals surface area contributed by atoms with E-state index >= 15 is 0 Å². The van der Waals surface area contributed by atoms with Crippen LogP contribution in [-0.4, -0.2) is 40.5 Å². The van der Waals surface area contributed by atoms with Crippen LogP contribution in [0.1, 0.15) is 17.7 Å². The maximum Gasteiger partial charge on any atom is 0.272 e. The summed E-state index contributed by atoms with van der Waals surface area (Å²) in [5.74, 6) is 0.165. The lowest BCUT2D eigenvalue weighted by molar-refractivity contribution is -0.119. The number of amides is 1. The zero-order chi connectivity index (χ0) is 19.3. The summed E-state index contributed by atoms with van der Waals surface area (Å²) < 4.78 is 7.90. The molecule has 1 saturated heterocycles. The molecule has 0 spiro atoms. The number of carbonyl (C=O) groups is 1. The average Bonchev–Trinajstić information content (AvgIpc) is 3.46. The highest BCUT2D eigenvalue weighted by atomic mass is 32.2. The SMILES string of the molecule is O=C(CSc1nc2ccsc2c(=O)n1CCc1cccs1)NC[C@@H]1CCCO1. The normalized spacial score (nSPS) is 16.6. The van der Waals surface area contributed by atoms with Crippen molar-refractivity contribution in [2.24, 2.45) is 0 Å². The molecule has 3 aromatic rings. The molecule has 4 heterocycles. The van der Waals surface area contributed by atoms with Crippen molar-refractivity contribution >= 4 is 50.6 Å². The minimum atomic E-state index is -0.0648. The van der Waals surface area contributed by atoms with Crippen LogP contribution in [0.2, 0.25) is 0 Å². The number of aromatic nitrogens is 2. The van der Waals surface area contributed by atoms with Gasteiger partial charge in [0.25, 0.3) is 5.56 Å². The van der Waals surface area contributed by atoms with E-state index in [4.69, 9.17) is 4.74 Å². The van der Waals surface area contributed by atoms with Crippen molar-refractivity contribution < 1.29 is 9.53 Å². The van der Waals surface area contributed by atoms with Gasteiger partial charge in [-0.15, -0.1) is 22.7 Å². The number of fused-ring (bicyclic) bond motifs is 1. The molecule has 28 heavy (non-hydrogen) atoms. The second-order valence-electron chi connectivity index (χ2n) is 6.54. The number of aryl methyl sites for hydroxylation is 1. The topological polar surface area (TPSA) is 73.2 Å². The van der Waals surface area contributed by atoms with E-state index in [2.05, 4.69) is 16.4 Å². The highest BCUT2D eigenvalue weighted by Crippen LogP contribution is 2.22. The Balaban J connectivity index is 1.45. The van der Waals surface area contributed by atoms with E-state index in [1.165, 1.54) is 28.0 Å². The zero-order valence-electron chi connectivity index (χ0n) is 15.3. The van der Waals surface area contributed by atoms with Crippen LogP contribution in [0.5, 0.6) is 0 Å². The van der Waals surface area contributed by atoms with Gasteiger partial charge in [-0.3, -0.25) is 14.2 Å². The summed E-state index contributed by atoms with van der Waals surface area (Å²) in [6, 6.07) is 5.93. The Kier molecular flexibility index (Phi) is 6.46. The largest absolute Gasteiger partial charge is 0.376 e. The van der Waals surface area contributed by atoms with Gasteiger partial charge < -0.3 is 10.1 Å². The zero-order valence-corrected chi connectivity index (χ0v) is 17.7. The Hall–Kier alpha value is -1.68. The number of nitrogens with one attached hydrogen (secondary N) is 1. The number of thiophene rings is 2. The summed E-state index contributed by atoms with van der Waals surface area (Å²) >= 11 is 4.41. The third-order valence-corrected chi connectivity index (χ3v) is 7.38. The first-order chi connectivity index (χ1) is 13.7. The quantitative estimate of drug-likeness (QED) is 0.435. The van der Waals surface area contributed by atoms with Gasteiger partial charge in [-0.2, -0.15) is 0 Å². The van der Waals surface area contributed by atoms with Gasteiger partial charge in [0, 0.05) is 24.6 Å². The molecule has 1 amide bonds.